The van der Waals surface area contributed by atoms with Gasteiger partial charge in [0, 0.05) is 18.9 Å². The first kappa shape index (κ1) is 10.5. The van der Waals surface area contributed by atoms with Crippen LogP contribution >= 0.6 is 0 Å². The van der Waals surface area contributed by atoms with Crippen LogP contribution in [0.25, 0.3) is 0 Å². The molecule has 1 saturated heterocycles. The molecule has 6 nitrogen and oxygen atoms in total. The first-order valence-electron chi connectivity index (χ1n) is 4.95. The number of rotatable bonds is 3. The van der Waals surface area contributed by atoms with Crippen molar-refractivity contribution in [3.05, 3.63) is 12.3 Å². The van der Waals surface area contributed by atoms with Gasteiger partial charge in [0.15, 0.2) is 0 Å². The fourth-order valence-corrected chi connectivity index (χ4v) is 1.58. The summed E-state index contributed by atoms with van der Waals surface area (Å²) in [6.07, 6.45) is 4.75. The van der Waals surface area contributed by atoms with Crippen molar-refractivity contribution in [2.24, 2.45) is 0 Å². The van der Waals surface area contributed by atoms with Crippen molar-refractivity contribution in [3.63, 3.8) is 0 Å². The Bertz CT molecular complexity index is 311. The van der Waals surface area contributed by atoms with Crippen molar-refractivity contribution in [3.8, 4) is 5.88 Å². The predicted octanol–water partition coefficient (Wildman–Crippen LogP) is -0.0695. The average molecular weight is 212 g/mol. The molecule has 0 amide bonds. The molecule has 0 saturated carbocycles. The first-order chi connectivity index (χ1) is 7.25. The van der Waals surface area contributed by atoms with Crippen molar-refractivity contribution in [2.45, 2.75) is 25.5 Å². The molecule has 0 aliphatic carbocycles. The van der Waals surface area contributed by atoms with Crippen molar-refractivity contribution in [1.82, 2.24) is 9.78 Å². The van der Waals surface area contributed by atoms with Crippen molar-refractivity contribution in [1.29, 1.82) is 0 Å². The number of nitrogens with zero attached hydrogens (tertiary/aromatic N) is 2. The summed E-state index contributed by atoms with van der Waals surface area (Å²) in [6, 6.07) is 1.57. The van der Waals surface area contributed by atoms with Crippen molar-refractivity contribution >= 4 is 7.32 Å². The van der Waals surface area contributed by atoms with Gasteiger partial charge in [0.2, 0.25) is 5.88 Å². The second-order valence-corrected chi connectivity index (χ2v) is 3.40. The van der Waals surface area contributed by atoms with E-state index in [1.54, 1.807) is 16.9 Å². The van der Waals surface area contributed by atoms with Crippen LogP contribution in [0.3, 0.4) is 0 Å². The lowest BCUT2D eigenvalue weighted by Crippen LogP contribution is -2.22. The van der Waals surface area contributed by atoms with Gasteiger partial charge in [-0.05, 0) is 19.3 Å². The lowest BCUT2D eigenvalue weighted by atomic mass is 10.2. The van der Waals surface area contributed by atoms with Crippen LogP contribution in [0.2, 0.25) is 0 Å². The Hall–Kier alpha value is -1.05. The van der Waals surface area contributed by atoms with Gasteiger partial charge in [-0.2, -0.15) is 0 Å². The molecule has 1 unspecified atom stereocenters. The molecule has 1 aromatic heterocycles. The summed E-state index contributed by atoms with van der Waals surface area (Å²) in [5.41, 5.74) is 0. The maximum absolute atomic E-state index is 8.58. The van der Waals surface area contributed by atoms with Crippen molar-refractivity contribution in [2.75, 3.05) is 6.61 Å². The van der Waals surface area contributed by atoms with E-state index in [1.165, 1.54) is 0 Å². The van der Waals surface area contributed by atoms with Gasteiger partial charge in [0.1, 0.15) is 6.23 Å². The molecule has 0 spiro atoms. The Kier molecular flexibility index (Phi) is 3.25. The smallest absolute Gasteiger partial charge is 0.497 e. The van der Waals surface area contributed by atoms with Crippen LogP contribution in [0, 0.1) is 0 Å². The minimum Gasteiger partial charge on any atom is -0.497 e. The Morgan fingerprint density at radius 2 is 2.40 bits per heavy atom. The number of hydrogen-bond acceptors (Lipinski definition) is 5. The van der Waals surface area contributed by atoms with Gasteiger partial charge in [-0.3, -0.25) is 0 Å². The van der Waals surface area contributed by atoms with Gasteiger partial charge in [0.05, 0.1) is 0 Å². The Morgan fingerprint density at radius 1 is 1.53 bits per heavy atom. The summed E-state index contributed by atoms with van der Waals surface area (Å²) >= 11 is 0. The summed E-state index contributed by atoms with van der Waals surface area (Å²) in [6.45, 7) is 0.739. The molecule has 1 aliphatic rings. The van der Waals surface area contributed by atoms with E-state index in [-0.39, 0.29) is 12.1 Å². The maximum atomic E-state index is 8.58. The molecule has 1 atom stereocenters. The van der Waals surface area contributed by atoms with E-state index in [1.807, 2.05) is 0 Å². The molecule has 15 heavy (non-hydrogen) atoms. The van der Waals surface area contributed by atoms with Gasteiger partial charge < -0.3 is 19.4 Å². The van der Waals surface area contributed by atoms with Crippen LogP contribution in [0.4, 0.5) is 0 Å². The molecule has 1 aliphatic heterocycles. The van der Waals surface area contributed by atoms with E-state index in [2.05, 4.69) is 9.75 Å². The van der Waals surface area contributed by atoms with Gasteiger partial charge in [0.25, 0.3) is 0 Å². The fraction of sp³-hybridized carbons (Fsp3) is 0.625. The zero-order valence-corrected chi connectivity index (χ0v) is 8.24. The number of aromatic nitrogens is 2. The highest BCUT2D eigenvalue weighted by molar-refractivity contribution is 6.33. The standard InChI is InChI=1S/C8H13BN2O4/c12-9(13)15-7-4-5-11(10-7)8-3-1-2-6-14-8/h4-5,8,12-13H,1-3,6H2. The highest BCUT2D eigenvalue weighted by Crippen LogP contribution is 2.22. The predicted molar refractivity (Wildman–Crippen MR) is 51.9 cm³/mol. The SMILES string of the molecule is OB(O)Oc1ccn(C2CCCCO2)n1. The number of hydrogen-bond donors (Lipinski definition) is 2. The topological polar surface area (TPSA) is 76.7 Å². The molecule has 7 heteroatoms. The van der Waals surface area contributed by atoms with E-state index in [0.717, 1.165) is 25.9 Å². The summed E-state index contributed by atoms with van der Waals surface area (Å²) in [5.74, 6) is 0.180. The molecule has 0 radical (unpaired) electrons. The quantitative estimate of drug-likeness (QED) is 0.685. The Labute approximate surface area is 87.6 Å². The average Bonchev–Trinajstić information content (AvgIpc) is 2.67. The summed E-state index contributed by atoms with van der Waals surface area (Å²) in [4.78, 5) is 0. The third-order valence-corrected chi connectivity index (χ3v) is 2.26. The van der Waals surface area contributed by atoms with Crippen LogP contribution < -0.4 is 4.65 Å². The highest BCUT2D eigenvalue weighted by atomic mass is 16.6. The maximum Gasteiger partial charge on any atom is 0.708 e. The zero-order valence-electron chi connectivity index (χ0n) is 8.24. The molecule has 0 bridgehead atoms. The lowest BCUT2D eigenvalue weighted by molar-refractivity contribution is -0.0398. The molecule has 2 heterocycles. The van der Waals surface area contributed by atoms with E-state index in [0.29, 0.717) is 0 Å². The van der Waals surface area contributed by atoms with Gasteiger partial charge in [-0.25, -0.2) is 4.68 Å². The summed E-state index contributed by atoms with van der Waals surface area (Å²) in [7, 11) is -1.83. The normalized spacial score (nSPS) is 21.3. The third kappa shape index (κ3) is 2.71. The fourth-order valence-electron chi connectivity index (χ4n) is 1.58. The Morgan fingerprint density at radius 3 is 3.07 bits per heavy atom. The van der Waals surface area contributed by atoms with Gasteiger partial charge >= 0.3 is 7.32 Å². The zero-order chi connectivity index (χ0) is 10.7. The van der Waals surface area contributed by atoms with E-state index in [4.69, 9.17) is 14.8 Å². The van der Waals surface area contributed by atoms with Gasteiger partial charge in [-0.1, -0.05) is 0 Å². The van der Waals surface area contributed by atoms with Gasteiger partial charge in [-0.15, -0.1) is 5.10 Å². The summed E-state index contributed by atoms with van der Waals surface area (Å²) < 4.78 is 11.7. The lowest BCUT2D eigenvalue weighted by Gasteiger charge is -2.22. The molecular formula is C8H13BN2O4. The minimum absolute atomic E-state index is 0.0630. The number of ether oxygens (including phenoxy) is 1. The van der Waals surface area contributed by atoms with E-state index < -0.39 is 7.32 Å². The third-order valence-electron chi connectivity index (χ3n) is 2.26. The van der Waals surface area contributed by atoms with Crippen LogP contribution in [0.1, 0.15) is 25.5 Å². The van der Waals surface area contributed by atoms with Crippen LogP contribution in [0.5, 0.6) is 5.88 Å². The molecular weight excluding hydrogens is 199 g/mol. The first-order valence-corrected chi connectivity index (χ1v) is 4.95. The molecule has 2 rings (SSSR count). The van der Waals surface area contributed by atoms with Crippen molar-refractivity contribution < 1.29 is 19.4 Å². The Balaban J connectivity index is 1.99. The largest absolute Gasteiger partial charge is 0.708 e. The molecule has 1 aromatic rings. The second kappa shape index (κ2) is 4.65. The monoisotopic (exact) mass is 212 g/mol. The molecule has 0 aromatic carbocycles. The summed E-state index contributed by atoms with van der Waals surface area (Å²) in [5, 5.41) is 21.2. The van der Waals surface area contributed by atoms with Crippen LogP contribution in [-0.2, 0) is 4.74 Å². The van der Waals surface area contributed by atoms with Crippen LogP contribution in [0.15, 0.2) is 12.3 Å². The highest BCUT2D eigenvalue weighted by Gasteiger charge is 2.18. The van der Waals surface area contributed by atoms with Crippen LogP contribution in [-0.4, -0.2) is 33.8 Å². The van der Waals surface area contributed by atoms with E-state index in [9.17, 15) is 0 Å². The van der Waals surface area contributed by atoms with E-state index >= 15 is 0 Å². The molecule has 82 valence electrons. The molecule has 1 fully saturated rings. The minimum atomic E-state index is -1.83. The molecule has 2 N–H and O–H groups in total. The second-order valence-electron chi connectivity index (χ2n) is 3.40.